The maximum absolute atomic E-state index is 13.2. The first kappa shape index (κ1) is 11.3. The Morgan fingerprint density at radius 3 is 2.59 bits per heavy atom. The fraction of sp³-hybridized carbons (Fsp3) is 0.0769. The number of methoxy groups -OCH3 is 1. The number of hydrogen-bond donors (Lipinski definition) is 2. The van der Waals surface area contributed by atoms with E-state index < -0.39 is 5.82 Å². The van der Waals surface area contributed by atoms with Crippen molar-refractivity contribution in [1.29, 1.82) is 0 Å². The van der Waals surface area contributed by atoms with Gasteiger partial charge >= 0.3 is 0 Å². The second kappa shape index (κ2) is 4.74. The Balaban J connectivity index is 2.22. The van der Waals surface area contributed by atoms with Gasteiger partial charge in [-0.15, -0.1) is 0 Å². The topological polar surface area (TPSA) is 47.3 Å². The van der Waals surface area contributed by atoms with E-state index >= 15 is 0 Å². The average molecular weight is 232 g/mol. The zero-order valence-corrected chi connectivity index (χ0v) is 9.41. The summed E-state index contributed by atoms with van der Waals surface area (Å²) in [7, 11) is 1.60. The summed E-state index contributed by atoms with van der Waals surface area (Å²) in [5, 5.41) is 3.07. The first-order valence-corrected chi connectivity index (χ1v) is 5.15. The highest BCUT2D eigenvalue weighted by Crippen LogP contribution is 2.23. The zero-order valence-electron chi connectivity index (χ0n) is 9.41. The number of nitrogen functional groups attached to an aromatic ring is 1. The standard InChI is InChI=1S/C13H13FN2O/c1-17-11-4-2-3-9(7-11)16-10-5-6-13(15)12(14)8-10/h2-8,16H,15H2,1H3. The van der Waals surface area contributed by atoms with Crippen LogP contribution in [-0.4, -0.2) is 7.11 Å². The van der Waals surface area contributed by atoms with E-state index in [0.29, 0.717) is 5.69 Å². The van der Waals surface area contributed by atoms with Crippen molar-refractivity contribution in [2.45, 2.75) is 0 Å². The summed E-state index contributed by atoms with van der Waals surface area (Å²) in [6, 6.07) is 12.0. The maximum Gasteiger partial charge on any atom is 0.148 e. The van der Waals surface area contributed by atoms with Gasteiger partial charge in [0.2, 0.25) is 0 Å². The summed E-state index contributed by atoms with van der Waals surface area (Å²) >= 11 is 0. The van der Waals surface area contributed by atoms with Crippen molar-refractivity contribution in [1.82, 2.24) is 0 Å². The normalized spacial score (nSPS) is 10.0. The molecule has 88 valence electrons. The zero-order chi connectivity index (χ0) is 12.3. The van der Waals surface area contributed by atoms with E-state index in [1.165, 1.54) is 12.1 Å². The molecule has 2 rings (SSSR count). The highest BCUT2D eigenvalue weighted by molar-refractivity contribution is 5.63. The molecule has 3 nitrogen and oxygen atoms in total. The van der Waals surface area contributed by atoms with Crippen molar-refractivity contribution in [2.24, 2.45) is 0 Å². The van der Waals surface area contributed by atoms with E-state index in [1.807, 2.05) is 24.3 Å². The van der Waals surface area contributed by atoms with Gasteiger partial charge in [0, 0.05) is 17.4 Å². The lowest BCUT2D eigenvalue weighted by Gasteiger charge is -2.08. The van der Waals surface area contributed by atoms with Crippen molar-refractivity contribution in [3.05, 3.63) is 48.3 Å². The molecule has 0 unspecified atom stereocenters. The van der Waals surface area contributed by atoms with Crippen LogP contribution in [0.3, 0.4) is 0 Å². The predicted octanol–water partition coefficient (Wildman–Crippen LogP) is 3.16. The summed E-state index contributed by atoms with van der Waals surface area (Å²) in [6.07, 6.45) is 0. The Morgan fingerprint density at radius 1 is 1.12 bits per heavy atom. The van der Waals surface area contributed by atoms with Gasteiger partial charge in [-0.2, -0.15) is 0 Å². The number of anilines is 3. The monoisotopic (exact) mass is 232 g/mol. The van der Waals surface area contributed by atoms with Crippen LogP contribution in [0.25, 0.3) is 0 Å². The summed E-state index contributed by atoms with van der Waals surface area (Å²) in [5.74, 6) is 0.309. The summed E-state index contributed by atoms with van der Waals surface area (Å²) in [5.41, 5.74) is 7.02. The van der Waals surface area contributed by atoms with Crippen LogP contribution < -0.4 is 15.8 Å². The molecule has 0 aliphatic heterocycles. The molecule has 0 saturated carbocycles. The molecule has 0 radical (unpaired) electrons. The molecule has 0 atom stereocenters. The van der Waals surface area contributed by atoms with Crippen molar-refractivity contribution >= 4 is 17.1 Å². The van der Waals surface area contributed by atoms with E-state index in [4.69, 9.17) is 10.5 Å². The second-order valence-electron chi connectivity index (χ2n) is 3.59. The Hall–Kier alpha value is -2.23. The molecule has 0 heterocycles. The second-order valence-corrected chi connectivity index (χ2v) is 3.59. The van der Waals surface area contributed by atoms with E-state index in [1.54, 1.807) is 13.2 Å². The molecule has 0 amide bonds. The van der Waals surface area contributed by atoms with Crippen LogP contribution in [0.5, 0.6) is 5.75 Å². The van der Waals surface area contributed by atoms with Gasteiger partial charge in [0.15, 0.2) is 0 Å². The summed E-state index contributed by atoms with van der Waals surface area (Å²) in [6.45, 7) is 0. The predicted molar refractivity (Wildman–Crippen MR) is 67.1 cm³/mol. The average Bonchev–Trinajstić information content (AvgIpc) is 2.34. The number of nitrogens with two attached hydrogens (primary N) is 1. The Bertz CT molecular complexity index is 529. The molecular weight excluding hydrogens is 219 g/mol. The SMILES string of the molecule is COc1cccc(Nc2ccc(N)c(F)c2)c1. The van der Waals surface area contributed by atoms with Crippen LogP contribution in [0.15, 0.2) is 42.5 Å². The largest absolute Gasteiger partial charge is 0.497 e. The number of halogens is 1. The van der Waals surface area contributed by atoms with Crippen molar-refractivity contribution in [3.8, 4) is 5.75 Å². The summed E-state index contributed by atoms with van der Waals surface area (Å²) < 4.78 is 18.3. The lowest BCUT2D eigenvalue weighted by atomic mass is 10.2. The van der Waals surface area contributed by atoms with E-state index in [2.05, 4.69) is 5.32 Å². The fourth-order valence-electron chi connectivity index (χ4n) is 1.47. The third-order valence-electron chi connectivity index (χ3n) is 2.36. The summed E-state index contributed by atoms with van der Waals surface area (Å²) in [4.78, 5) is 0. The van der Waals surface area contributed by atoms with Gasteiger partial charge in [-0.05, 0) is 30.3 Å². The van der Waals surface area contributed by atoms with E-state index in [9.17, 15) is 4.39 Å². The van der Waals surface area contributed by atoms with Crippen molar-refractivity contribution in [3.63, 3.8) is 0 Å². The minimum absolute atomic E-state index is 0.140. The maximum atomic E-state index is 13.2. The van der Waals surface area contributed by atoms with Crippen LogP contribution in [0.1, 0.15) is 0 Å². The van der Waals surface area contributed by atoms with Gasteiger partial charge in [-0.3, -0.25) is 0 Å². The number of hydrogen-bond acceptors (Lipinski definition) is 3. The lowest BCUT2D eigenvalue weighted by molar-refractivity contribution is 0.415. The molecular formula is C13H13FN2O. The van der Waals surface area contributed by atoms with Crippen LogP contribution in [-0.2, 0) is 0 Å². The van der Waals surface area contributed by atoms with Gasteiger partial charge < -0.3 is 15.8 Å². The molecule has 0 aliphatic rings. The first-order valence-electron chi connectivity index (χ1n) is 5.15. The molecule has 0 aromatic heterocycles. The Labute approximate surface area is 99.0 Å². The molecule has 4 heteroatoms. The van der Waals surface area contributed by atoms with Crippen LogP contribution in [0.4, 0.5) is 21.5 Å². The van der Waals surface area contributed by atoms with Gasteiger partial charge in [0.1, 0.15) is 11.6 Å². The highest BCUT2D eigenvalue weighted by Gasteiger charge is 2.01. The molecule has 0 bridgehead atoms. The number of ether oxygens (including phenoxy) is 1. The quantitative estimate of drug-likeness (QED) is 0.799. The molecule has 0 aliphatic carbocycles. The molecule has 2 aromatic carbocycles. The van der Waals surface area contributed by atoms with Gasteiger partial charge in [0.25, 0.3) is 0 Å². The molecule has 17 heavy (non-hydrogen) atoms. The van der Waals surface area contributed by atoms with Crippen LogP contribution >= 0.6 is 0 Å². The van der Waals surface area contributed by atoms with E-state index in [-0.39, 0.29) is 5.69 Å². The van der Waals surface area contributed by atoms with Gasteiger partial charge in [-0.1, -0.05) is 6.07 Å². The molecule has 3 N–H and O–H groups in total. The van der Waals surface area contributed by atoms with E-state index in [0.717, 1.165) is 11.4 Å². The number of benzene rings is 2. The molecule has 2 aromatic rings. The molecule has 0 fully saturated rings. The van der Waals surface area contributed by atoms with Crippen molar-refractivity contribution in [2.75, 3.05) is 18.2 Å². The third kappa shape index (κ3) is 2.66. The third-order valence-corrected chi connectivity index (χ3v) is 2.36. The highest BCUT2D eigenvalue weighted by atomic mass is 19.1. The number of rotatable bonds is 3. The minimum Gasteiger partial charge on any atom is -0.497 e. The Morgan fingerprint density at radius 2 is 1.88 bits per heavy atom. The smallest absolute Gasteiger partial charge is 0.148 e. The van der Waals surface area contributed by atoms with Crippen LogP contribution in [0, 0.1) is 5.82 Å². The van der Waals surface area contributed by atoms with Gasteiger partial charge in [0.05, 0.1) is 12.8 Å². The first-order chi connectivity index (χ1) is 8.19. The van der Waals surface area contributed by atoms with Gasteiger partial charge in [-0.25, -0.2) is 4.39 Å². The Kier molecular flexibility index (Phi) is 3.14. The van der Waals surface area contributed by atoms with Crippen LogP contribution in [0.2, 0.25) is 0 Å². The number of nitrogens with one attached hydrogen (secondary N) is 1. The lowest BCUT2D eigenvalue weighted by Crippen LogP contribution is -1.95. The molecule has 0 saturated heterocycles. The molecule has 0 spiro atoms. The van der Waals surface area contributed by atoms with Crippen molar-refractivity contribution < 1.29 is 9.13 Å². The fourth-order valence-corrected chi connectivity index (χ4v) is 1.47. The minimum atomic E-state index is -0.433.